The first-order chi connectivity index (χ1) is 9.27. The molecule has 3 heteroatoms. The molecule has 1 N–H and O–H groups in total. The Morgan fingerprint density at radius 1 is 1.16 bits per heavy atom. The van der Waals surface area contributed by atoms with E-state index in [4.69, 9.17) is 0 Å². The highest BCUT2D eigenvalue weighted by molar-refractivity contribution is 5.78. The summed E-state index contributed by atoms with van der Waals surface area (Å²) in [5.74, 6) is 0.746. The molecule has 0 saturated carbocycles. The summed E-state index contributed by atoms with van der Waals surface area (Å²) in [7, 11) is 0. The first-order valence-corrected chi connectivity index (χ1v) is 7.38. The summed E-state index contributed by atoms with van der Waals surface area (Å²) in [4.78, 5) is 0. The van der Waals surface area contributed by atoms with Crippen molar-refractivity contribution in [2.45, 2.75) is 39.7 Å². The minimum atomic E-state index is 0.746. The van der Waals surface area contributed by atoms with E-state index in [2.05, 4.69) is 53.2 Å². The number of unbranched alkanes of at least 4 members (excludes halogenated alkanes) is 2. The lowest BCUT2D eigenvalue weighted by atomic mass is 10.2. The van der Waals surface area contributed by atoms with Crippen LogP contribution in [0.15, 0.2) is 30.5 Å². The van der Waals surface area contributed by atoms with Gasteiger partial charge in [0.15, 0.2) is 0 Å². The predicted molar refractivity (Wildman–Crippen MR) is 81.3 cm³/mol. The largest absolute Gasteiger partial charge is 0.316 e. The lowest BCUT2D eigenvalue weighted by Crippen LogP contribution is -2.20. The normalized spacial score (nSPS) is 11.5. The molecule has 0 bridgehead atoms. The Bertz CT molecular complexity index is 487. The number of hydrogen-bond acceptors (Lipinski definition) is 2. The molecule has 104 valence electrons. The molecular weight excluding hydrogens is 234 g/mol. The minimum Gasteiger partial charge on any atom is -0.316 e. The Kier molecular flexibility index (Phi) is 5.40. The third-order valence-corrected chi connectivity index (χ3v) is 3.33. The molecule has 1 aromatic heterocycles. The van der Waals surface area contributed by atoms with Gasteiger partial charge >= 0.3 is 0 Å². The van der Waals surface area contributed by atoms with Gasteiger partial charge < -0.3 is 5.32 Å². The molecule has 0 saturated heterocycles. The molecule has 0 fully saturated rings. The Morgan fingerprint density at radius 2 is 2.00 bits per heavy atom. The number of fused-ring (bicyclic) bond motifs is 1. The number of hydrogen-bond donors (Lipinski definition) is 1. The second-order valence-corrected chi connectivity index (χ2v) is 5.59. The van der Waals surface area contributed by atoms with E-state index in [9.17, 15) is 0 Å². The van der Waals surface area contributed by atoms with Gasteiger partial charge in [0.25, 0.3) is 0 Å². The summed E-state index contributed by atoms with van der Waals surface area (Å²) in [6, 6.07) is 8.41. The third-order valence-electron chi connectivity index (χ3n) is 3.33. The summed E-state index contributed by atoms with van der Waals surface area (Å²) >= 11 is 0. The molecule has 0 spiro atoms. The first kappa shape index (κ1) is 14.1. The van der Waals surface area contributed by atoms with E-state index in [1.807, 2.05) is 6.20 Å². The van der Waals surface area contributed by atoms with Gasteiger partial charge in [-0.2, -0.15) is 5.10 Å². The van der Waals surface area contributed by atoms with Crippen molar-refractivity contribution in [1.82, 2.24) is 15.1 Å². The molecule has 0 aliphatic carbocycles. The van der Waals surface area contributed by atoms with Gasteiger partial charge in [0, 0.05) is 11.9 Å². The fourth-order valence-corrected chi connectivity index (χ4v) is 2.28. The minimum absolute atomic E-state index is 0.746. The van der Waals surface area contributed by atoms with Crippen molar-refractivity contribution in [3.63, 3.8) is 0 Å². The summed E-state index contributed by atoms with van der Waals surface area (Å²) in [6.45, 7) is 7.78. The number of nitrogens with zero attached hydrogens (tertiary/aromatic N) is 2. The van der Waals surface area contributed by atoms with Crippen LogP contribution in [0.3, 0.4) is 0 Å². The van der Waals surface area contributed by atoms with E-state index in [1.54, 1.807) is 0 Å². The van der Waals surface area contributed by atoms with Crippen molar-refractivity contribution in [2.24, 2.45) is 5.92 Å². The molecule has 0 amide bonds. The van der Waals surface area contributed by atoms with Crippen molar-refractivity contribution < 1.29 is 0 Å². The van der Waals surface area contributed by atoms with E-state index in [0.29, 0.717) is 0 Å². The van der Waals surface area contributed by atoms with Crippen LogP contribution < -0.4 is 5.32 Å². The Labute approximate surface area is 116 Å². The fourth-order valence-electron chi connectivity index (χ4n) is 2.28. The second kappa shape index (κ2) is 7.29. The van der Waals surface area contributed by atoms with Crippen LogP contribution >= 0.6 is 0 Å². The van der Waals surface area contributed by atoms with Crippen LogP contribution in [0.25, 0.3) is 10.9 Å². The standard InChI is InChI=1S/C16H25N3/c1-14(2)12-17-10-6-3-7-11-19-16-9-5-4-8-15(16)13-18-19/h4-5,8-9,13-14,17H,3,6-7,10-12H2,1-2H3. The quantitative estimate of drug-likeness (QED) is 0.736. The predicted octanol–water partition coefficient (Wildman–Crippen LogP) is 3.45. The molecule has 0 aliphatic heterocycles. The maximum absolute atomic E-state index is 4.45. The third kappa shape index (κ3) is 4.35. The molecule has 2 aromatic rings. The van der Waals surface area contributed by atoms with Crippen LogP contribution in [-0.4, -0.2) is 22.9 Å². The average molecular weight is 259 g/mol. The highest BCUT2D eigenvalue weighted by Crippen LogP contribution is 2.13. The average Bonchev–Trinajstić information content (AvgIpc) is 2.81. The van der Waals surface area contributed by atoms with E-state index in [-0.39, 0.29) is 0 Å². The van der Waals surface area contributed by atoms with Crippen LogP contribution in [0, 0.1) is 5.92 Å². The number of aromatic nitrogens is 2. The van der Waals surface area contributed by atoms with Gasteiger partial charge in [-0.1, -0.05) is 38.5 Å². The Hall–Kier alpha value is -1.35. The van der Waals surface area contributed by atoms with Crippen LogP contribution in [0.5, 0.6) is 0 Å². The smallest absolute Gasteiger partial charge is 0.0682 e. The second-order valence-electron chi connectivity index (χ2n) is 5.59. The molecule has 0 aliphatic rings. The summed E-state index contributed by atoms with van der Waals surface area (Å²) < 4.78 is 2.12. The van der Waals surface area contributed by atoms with Crippen LogP contribution in [0.1, 0.15) is 33.1 Å². The Balaban J connectivity index is 1.66. The van der Waals surface area contributed by atoms with E-state index < -0.39 is 0 Å². The monoisotopic (exact) mass is 259 g/mol. The van der Waals surface area contributed by atoms with Crippen molar-refractivity contribution in [2.75, 3.05) is 13.1 Å². The zero-order valence-corrected chi connectivity index (χ0v) is 12.1. The van der Waals surface area contributed by atoms with E-state index in [0.717, 1.165) is 25.6 Å². The SMILES string of the molecule is CC(C)CNCCCCCn1ncc2ccccc21. The molecule has 1 heterocycles. The van der Waals surface area contributed by atoms with Crippen molar-refractivity contribution in [3.05, 3.63) is 30.5 Å². The first-order valence-electron chi connectivity index (χ1n) is 7.38. The Morgan fingerprint density at radius 3 is 2.84 bits per heavy atom. The van der Waals surface area contributed by atoms with Crippen molar-refractivity contribution in [3.8, 4) is 0 Å². The highest BCUT2D eigenvalue weighted by Gasteiger charge is 2.00. The topological polar surface area (TPSA) is 29.9 Å². The maximum atomic E-state index is 4.45. The maximum Gasteiger partial charge on any atom is 0.0682 e. The zero-order chi connectivity index (χ0) is 13.5. The summed E-state index contributed by atoms with van der Waals surface area (Å²) in [6.07, 6.45) is 5.68. The van der Waals surface area contributed by atoms with Gasteiger partial charge in [0.1, 0.15) is 0 Å². The van der Waals surface area contributed by atoms with Gasteiger partial charge in [-0.25, -0.2) is 0 Å². The number of para-hydroxylation sites is 1. The molecule has 0 unspecified atom stereocenters. The number of rotatable bonds is 8. The number of benzene rings is 1. The van der Waals surface area contributed by atoms with Gasteiger partial charge in [-0.05, 0) is 37.9 Å². The molecule has 2 rings (SSSR count). The zero-order valence-electron chi connectivity index (χ0n) is 12.1. The molecule has 1 aromatic carbocycles. The van der Waals surface area contributed by atoms with Gasteiger partial charge in [-0.15, -0.1) is 0 Å². The van der Waals surface area contributed by atoms with Gasteiger partial charge in [-0.3, -0.25) is 4.68 Å². The van der Waals surface area contributed by atoms with Crippen molar-refractivity contribution >= 4 is 10.9 Å². The summed E-state index contributed by atoms with van der Waals surface area (Å²) in [5.41, 5.74) is 1.25. The molecule has 3 nitrogen and oxygen atoms in total. The lowest BCUT2D eigenvalue weighted by molar-refractivity contribution is 0.510. The number of aryl methyl sites for hydroxylation is 1. The lowest BCUT2D eigenvalue weighted by Gasteiger charge is -2.07. The van der Waals surface area contributed by atoms with Crippen LogP contribution in [0.2, 0.25) is 0 Å². The van der Waals surface area contributed by atoms with E-state index in [1.165, 1.54) is 30.2 Å². The van der Waals surface area contributed by atoms with Crippen molar-refractivity contribution in [1.29, 1.82) is 0 Å². The van der Waals surface area contributed by atoms with Crippen LogP contribution in [-0.2, 0) is 6.54 Å². The van der Waals surface area contributed by atoms with Gasteiger partial charge in [0.05, 0.1) is 11.7 Å². The number of nitrogens with one attached hydrogen (secondary N) is 1. The summed E-state index contributed by atoms with van der Waals surface area (Å²) in [5, 5.41) is 9.18. The van der Waals surface area contributed by atoms with Crippen LogP contribution in [0.4, 0.5) is 0 Å². The molecule has 0 radical (unpaired) electrons. The molecule has 19 heavy (non-hydrogen) atoms. The fraction of sp³-hybridized carbons (Fsp3) is 0.562. The van der Waals surface area contributed by atoms with E-state index >= 15 is 0 Å². The molecular formula is C16H25N3. The highest BCUT2D eigenvalue weighted by atomic mass is 15.3. The van der Waals surface area contributed by atoms with Gasteiger partial charge in [0.2, 0.25) is 0 Å². The molecule has 0 atom stereocenters.